The highest BCUT2D eigenvalue weighted by atomic mass is 16.5. The lowest BCUT2D eigenvalue weighted by Crippen LogP contribution is -2.26. The number of hydrogen-bond donors (Lipinski definition) is 2. The molecular formula is C62H116N2O3. The zero-order valence-corrected chi connectivity index (χ0v) is 45.5. The van der Waals surface area contributed by atoms with Gasteiger partial charge in [-0.25, -0.2) is 0 Å². The van der Waals surface area contributed by atoms with Gasteiger partial charge in [-0.1, -0.05) is 310 Å². The first-order chi connectivity index (χ1) is 33.1. The SMILES string of the molecule is CCCCCCCCCCCCCCCCCCCCCCNC(=O)c1ccc(C(=O)NCCCCCCCCCCCCCCCCCCCCCC)c(OCCCCCCCCCC)c1. The molecule has 1 rings (SSSR count). The lowest BCUT2D eigenvalue weighted by Gasteiger charge is -2.14. The van der Waals surface area contributed by atoms with Crippen LogP contribution in [0.15, 0.2) is 18.2 Å². The molecule has 67 heavy (non-hydrogen) atoms. The Bertz CT molecular complexity index is 1190. The van der Waals surface area contributed by atoms with E-state index in [2.05, 4.69) is 31.4 Å². The fourth-order valence-corrected chi connectivity index (χ4v) is 9.75. The molecule has 0 fully saturated rings. The van der Waals surface area contributed by atoms with Crippen molar-refractivity contribution < 1.29 is 14.3 Å². The van der Waals surface area contributed by atoms with Crippen LogP contribution in [0.25, 0.3) is 0 Å². The predicted molar refractivity (Wildman–Crippen MR) is 295 cm³/mol. The van der Waals surface area contributed by atoms with Gasteiger partial charge in [0.1, 0.15) is 5.75 Å². The number of carbonyl (C=O) groups is 2. The molecule has 0 unspecified atom stereocenters. The molecule has 5 nitrogen and oxygen atoms in total. The van der Waals surface area contributed by atoms with Crippen LogP contribution in [0.5, 0.6) is 5.75 Å². The maximum absolute atomic E-state index is 13.4. The third kappa shape index (κ3) is 42.6. The minimum absolute atomic E-state index is 0.0777. The number of rotatable bonds is 54. The Morgan fingerprint density at radius 1 is 0.328 bits per heavy atom. The monoisotopic (exact) mass is 937 g/mol. The fourth-order valence-electron chi connectivity index (χ4n) is 9.75. The summed E-state index contributed by atoms with van der Waals surface area (Å²) in [6, 6.07) is 5.38. The minimum Gasteiger partial charge on any atom is -0.493 e. The highest BCUT2D eigenvalue weighted by Gasteiger charge is 2.16. The molecule has 0 aliphatic carbocycles. The van der Waals surface area contributed by atoms with Crippen LogP contribution in [0.4, 0.5) is 0 Å². The van der Waals surface area contributed by atoms with Crippen LogP contribution in [-0.2, 0) is 0 Å². The van der Waals surface area contributed by atoms with Crippen LogP contribution in [0, 0.1) is 0 Å². The largest absolute Gasteiger partial charge is 0.493 e. The fraction of sp³-hybridized carbons (Fsp3) is 0.871. The van der Waals surface area contributed by atoms with Gasteiger partial charge in [-0.3, -0.25) is 9.59 Å². The van der Waals surface area contributed by atoms with Crippen molar-refractivity contribution in [3.05, 3.63) is 29.3 Å². The maximum atomic E-state index is 13.4. The lowest BCUT2D eigenvalue weighted by molar-refractivity contribution is 0.0937. The predicted octanol–water partition coefficient (Wildman–Crippen LogP) is 20.3. The normalized spacial score (nSPS) is 11.4. The van der Waals surface area contributed by atoms with E-state index in [4.69, 9.17) is 4.74 Å². The average Bonchev–Trinajstić information content (AvgIpc) is 3.34. The van der Waals surface area contributed by atoms with Gasteiger partial charge in [0.05, 0.1) is 12.2 Å². The molecule has 0 bridgehead atoms. The Morgan fingerprint density at radius 3 is 0.881 bits per heavy atom. The van der Waals surface area contributed by atoms with Crippen molar-refractivity contribution in [1.82, 2.24) is 10.6 Å². The maximum Gasteiger partial charge on any atom is 0.255 e. The Kier molecular flexibility index (Phi) is 48.7. The minimum atomic E-state index is -0.0972. The molecule has 392 valence electrons. The molecule has 0 heterocycles. The molecule has 0 aromatic heterocycles. The van der Waals surface area contributed by atoms with Crippen molar-refractivity contribution in [1.29, 1.82) is 0 Å². The summed E-state index contributed by atoms with van der Waals surface area (Å²) in [6.45, 7) is 8.79. The lowest BCUT2D eigenvalue weighted by atomic mass is 10.0. The van der Waals surface area contributed by atoms with Gasteiger partial charge in [-0.2, -0.15) is 0 Å². The van der Waals surface area contributed by atoms with E-state index in [-0.39, 0.29) is 11.8 Å². The van der Waals surface area contributed by atoms with E-state index in [0.29, 0.717) is 36.6 Å². The second-order valence-electron chi connectivity index (χ2n) is 21.0. The Hall–Kier alpha value is -2.04. The van der Waals surface area contributed by atoms with Crippen LogP contribution < -0.4 is 15.4 Å². The van der Waals surface area contributed by atoms with Gasteiger partial charge in [-0.15, -0.1) is 0 Å². The molecule has 2 amide bonds. The van der Waals surface area contributed by atoms with E-state index in [1.807, 2.05) is 0 Å². The highest BCUT2D eigenvalue weighted by Crippen LogP contribution is 2.23. The van der Waals surface area contributed by atoms with Crippen molar-refractivity contribution in [2.45, 2.75) is 329 Å². The molecular weight excluding hydrogens is 821 g/mol. The van der Waals surface area contributed by atoms with Gasteiger partial charge in [-0.05, 0) is 37.5 Å². The zero-order valence-electron chi connectivity index (χ0n) is 45.5. The van der Waals surface area contributed by atoms with Crippen molar-refractivity contribution >= 4 is 11.8 Å². The van der Waals surface area contributed by atoms with E-state index < -0.39 is 0 Å². The summed E-state index contributed by atoms with van der Waals surface area (Å²) >= 11 is 0. The summed E-state index contributed by atoms with van der Waals surface area (Å²) in [5.74, 6) is 0.362. The van der Waals surface area contributed by atoms with Crippen LogP contribution in [-0.4, -0.2) is 31.5 Å². The first-order valence-corrected chi connectivity index (χ1v) is 30.5. The van der Waals surface area contributed by atoms with Gasteiger partial charge in [0.25, 0.3) is 11.8 Å². The van der Waals surface area contributed by atoms with E-state index in [1.165, 1.54) is 270 Å². The van der Waals surface area contributed by atoms with Crippen molar-refractivity contribution in [2.24, 2.45) is 0 Å². The molecule has 0 spiro atoms. The van der Waals surface area contributed by atoms with Crippen LogP contribution in [0.2, 0.25) is 0 Å². The first kappa shape index (κ1) is 63.0. The number of carbonyl (C=O) groups excluding carboxylic acids is 2. The van der Waals surface area contributed by atoms with Gasteiger partial charge < -0.3 is 15.4 Å². The van der Waals surface area contributed by atoms with E-state index in [0.717, 1.165) is 38.5 Å². The smallest absolute Gasteiger partial charge is 0.255 e. The standard InChI is InChI=1S/C62H116N2O3/c1-4-7-10-13-16-19-21-23-25-27-29-31-33-35-37-39-41-43-46-49-54-63-61(65)58-52-53-59(60(57-58)67-56-51-48-45-18-15-12-9-6-3)62(66)64-55-50-47-44-42-40-38-36-34-32-30-28-26-24-22-20-17-14-11-8-5-2/h52-53,57H,4-51,54-56H2,1-3H3,(H,63,65)(H,64,66). The number of hydrogen-bond acceptors (Lipinski definition) is 3. The molecule has 0 aliphatic rings. The third-order valence-electron chi connectivity index (χ3n) is 14.4. The van der Waals surface area contributed by atoms with Crippen molar-refractivity contribution in [2.75, 3.05) is 19.7 Å². The van der Waals surface area contributed by atoms with Gasteiger partial charge >= 0.3 is 0 Å². The number of amides is 2. The molecule has 0 aliphatic heterocycles. The number of benzene rings is 1. The van der Waals surface area contributed by atoms with Crippen LogP contribution >= 0.6 is 0 Å². The van der Waals surface area contributed by atoms with Gasteiger partial charge in [0.15, 0.2) is 0 Å². The number of nitrogens with one attached hydrogen (secondary N) is 2. The summed E-state index contributed by atoms with van der Waals surface area (Å²) in [4.78, 5) is 26.6. The second-order valence-corrected chi connectivity index (χ2v) is 21.0. The summed E-state index contributed by atoms with van der Waals surface area (Å²) in [6.07, 6.45) is 64.5. The van der Waals surface area contributed by atoms with Crippen molar-refractivity contribution in [3.8, 4) is 5.75 Å². The number of ether oxygens (including phenoxy) is 1. The van der Waals surface area contributed by atoms with Gasteiger partial charge in [0.2, 0.25) is 0 Å². The molecule has 0 radical (unpaired) electrons. The molecule has 0 saturated carbocycles. The summed E-state index contributed by atoms with van der Waals surface area (Å²) in [5.41, 5.74) is 1.11. The quantitative estimate of drug-likeness (QED) is 0.0640. The molecule has 0 saturated heterocycles. The molecule has 2 N–H and O–H groups in total. The number of unbranched alkanes of at least 4 members (excludes halogenated alkanes) is 45. The Balaban J connectivity index is 2.24. The molecule has 1 aromatic carbocycles. The topological polar surface area (TPSA) is 67.4 Å². The molecule has 5 heteroatoms. The zero-order chi connectivity index (χ0) is 48.2. The van der Waals surface area contributed by atoms with E-state index in [1.54, 1.807) is 18.2 Å². The Morgan fingerprint density at radius 2 is 0.582 bits per heavy atom. The highest BCUT2D eigenvalue weighted by molar-refractivity contribution is 6.00. The molecule has 1 aromatic rings. The average molecular weight is 938 g/mol. The summed E-state index contributed by atoms with van der Waals surface area (Å²) < 4.78 is 6.25. The molecule has 0 atom stereocenters. The summed E-state index contributed by atoms with van der Waals surface area (Å²) in [7, 11) is 0. The van der Waals surface area contributed by atoms with Gasteiger partial charge in [0, 0.05) is 18.7 Å². The summed E-state index contributed by atoms with van der Waals surface area (Å²) in [5, 5.41) is 6.29. The van der Waals surface area contributed by atoms with Crippen molar-refractivity contribution in [3.63, 3.8) is 0 Å². The third-order valence-corrected chi connectivity index (χ3v) is 14.4. The first-order valence-electron chi connectivity index (χ1n) is 30.5. The van der Waals surface area contributed by atoms with E-state index >= 15 is 0 Å². The Labute approximate surface area is 418 Å². The van der Waals surface area contributed by atoms with Crippen LogP contribution in [0.3, 0.4) is 0 Å². The van der Waals surface area contributed by atoms with Crippen LogP contribution in [0.1, 0.15) is 350 Å². The second kappa shape index (κ2) is 51.8. The van der Waals surface area contributed by atoms with E-state index in [9.17, 15) is 9.59 Å².